The second kappa shape index (κ2) is 11.7. The van der Waals surface area contributed by atoms with E-state index < -0.39 is 11.7 Å². The van der Waals surface area contributed by atoms with E-state index in [1.54, 1.807) is 29.8 Å². The molecule has 3 heterocycles. The summed E-state index contributed by atoms with van der Waals surface area (Å²) >= 11 is 0. The van der Waals surface area contributed by atoms with Gasteiger partial charge in [0.2, 0.25) is 5.95 Å². The number of anilines is 4. The summed E-state index contributed by atoms with van der Waals surface area (Å²) in [5.74, 6) is 1.27. The molecule has 0 spiro atoms. The lowest BCUT2D eigenvalue weighted by molar-refractivity contribution is 0.0584. The lowest BCUT2D eigenvalue weighted by Crippen LogP contribution is -2.36. The van der Waals surface area contributed by atoms with Crippen molar-refractivity contribution in [3.63, 3.8) is 0 Å². The Kier molecular flexibility index (Phi) is 7.78. The van der Waals surface area contributed by atoms with Crippen LogP contribution in [0.5, 0.6) is 5.75 Å². The van der Waals surface area contributed by atoms with Crippen LogP contribution >= 0.6 is 0 Å². The molecule has 0 bridgehead atoms. The molecule has 3 aromatic carbocycles. The highest BCUT2D eigenvalue weighted by Crippen LogP contribution is 2.41. The molecule has 1 amide bonds. The Morgan fingerprint density at radius 1 is 1.09 bits per heavy atom. The van der Waals surface area contributed by atoms with Crippen LogP contribution in [0.15, 0.2) is 66.9 Å². The summed E-state index contributed by atoms with van der Waals surface area (Å²) in [5, 5.41) is 8.66. The molecule has 1 aliphatic heterocycles. The standard InChI is InChI=1S/C34H36FN7O3/c1-21-25-16-17-41(33(43)45-34(2,3)4)29(25)28(18-27(21)35)37-32-38-30(40(5)20-22-12-14-24(44-6)15-13-22)26-19-36-42(31(26)39-32)23-10-8-7-9-11-23/h7-15,18-19H,16-17,20H2,1-6H3,(H,37,38,39). The highest BCUT2D eigenvalue weighted by Gasteiger charge is 2.33. The average Bonchev–Trinajstić information content (AvgIpc) is 3.65. The van der Waals surface area contributed by atoms with Crippen LogP contribution in [-0.4, -0.2) is 52.1 Å². The fourth-order valence-corrected chi connectivity index (χ4v) is 5.53. The van der Waals surface area contributed by atoms with Crippen LogP contribution in [0.2, 0.25) is 0 Å². The average molecular weight is 610 g/mol. The van der Waals surface area contributed by atoms with Crippen molar-refractivity contribution in [2.75, 3.05) is 35.8 Å². The van der Waals surface area contributed by atoms with E-state index >= 15 is 4.39 Å². The smallest absolute Gasteiger partial charge is 0.414 e. The summed E-state index contributed by atoms with van der Waals surface area (Å²) in [7, 11) is 3.59. The quantitative estimate of drug-likeness (QED) is 0.212. The molecule has 0 unspecified atom stereocenters. The van der Waals surface area contributed by atoms with E-state index in [1.807, 2.05) is 87.3 Å². The summed E-state index contributed by atoms with van der Waals surface area (Å²) in [5.41, 5.74) is 3.97. The molecule has 1 aliphatic rings. The zero-order chi connectivity index (χ0) is 31.9. The first kappa shape index (κ1) is 29.9. The number of ether oxygens (including phenoxy) is 2. The van der Waals surface area contributed by atoms with Gasteiger partial charge in [-0.3, -0.25) is 4.90 Å². The first-order valence-corrected chi connectivity index (χ1v) is 14.8. The number of nitrogens with one attached hydrogen (secondary N) is 1. The normalized spacial score (nSPS) is 12.7. The van der Waals surface area contributed by atoms with E-state index in [2.05, 4.69) is 10.4 Å². The van der Waals surface area contributed by atoms with E-state index in [4.69, 9.17) is 19.4 Å². The Balaban J connectivity index is 1.45. The van der Waals surface area contributed by atoms with Gasteiger partial charge in [0.15, 0.2) is 5.65 Å². The van der Waals surface area contributed by atoms with Crippen LogP contribution in [0, 0.1) is 12.7 Å². The molecule has 0 saturated carbocycles. The Labute approximate surface area is 261 Å². The summed E-state index contributed by atoms with van der Waals surface area (Å²) in [6.07, 6.45) is 1.76. The number of halogens is 1. The van der Waals surface area contributed by atoms with Gasteiger partial charge in [-0.25, -0.2) is 13.9 Å². The number of benzene rings is 3. The van der Waals surface area contributed by atoms with Crippen molar-refractivity contribution < 1.29 is 18.7 Å². The van der Waals surface area contributed by atoms with Gasteiger partial charge in [0, 0.05) is 20.1 Å². The third-order valence-electron chi connectivity index (χ3n) is 7.69. The summed E-state index contributed by atoms with van der Waals surface area (Å²) < 4.78 is 28.0. The zero-order valence-corrected chi connectivity index (χ0v) is 26.3. The molecule has 0 atom stereocenters. The molecule has 2 aromatic heterocycles. The molecular weight excluding hydrogens is 573 g/mol. The van der Waals surface area contributed by atoms with Gasteiger partial charge in [0.05, 0.1) is 35.8 Å². The molecule has 5 aromatic rings. The molecule has 0 saturated heterocycles. The Morgan fingerprint density at radius 3 is 2.51 bits per heavy atom. The number of fused-ring (bicyclic) bond motifs is 2. The summed E-state index contributed by atoms with van der Waals surface area (Å²) in [6, 6.07) is 18.9. The number of aromatic nitrogens is 4. The maximum absolute atomic E-state index is 15.3. The largest absolute Gasteiger partial charge is 0.497 e. The minimum Gasteiger partial charge on any atom is -0.497 e. The fraction of sp³-hybridized carbons (Fsp3) is 0.294. The molecule has 232 valence electrons. The third kappa shape index (κ3) is 5.98. The molecular formula is C34H36FN7O3. The van der Waals surface area contributed by atoms with E-state index in [1.165, 1.54) is 6.07 Å². The Bertz CT molecular complexity index is 1870. The highest BCUT2D eigenvalue weighted by atomic mass is 19.1. The number of methoxy groups -OCH3 is 1. The van der Waals surface area contributed by atoms with E-state index in [0.29, 0.717) is 47.9 Å². The number of para-hydroxylation sites is 1. The van der Waals surface area contributed by atoms with Gasteiger partial charge in [0.1, 0.15) is 23.0 Å². The van der Waals surface area contributed by atoms with E-state index in [0.717, 1.165) is 28.0 Å². The number of amides is 1. The summed E-state index contributed by atoms with van der Waals surface area (Å²) in [4.78, 5) is 26.6. The highest BCUT2D eigenvalue weighted by molar-refractivity contribution is 5.97. The van der Waals surface area contributed by atoms with Gasteiger partial charge in [-0.2, -0.15) is 15.1 Å². The minimum atomic E-state index is -0.685. The second-order valence-electron chi connectivity index (χ2n) is 12.1. The molecule has 1 N–H and O–H groups in total. The fourth-order valence-electron chi connectivity index (χ4n) is 5.53. The lowest BCUT2D eigenvalue weighted by atomic mass is 10.0. The van der Waals surface area contributed by atoms with Crippen molar-refractivity contribution >= 4 is 40.3 Å². The van der Waals surface area contributed by atoms with Crippen molar-refractivity contribution in [2.24, 2.45) is 0 Å². The molecule has 0 aliphatic carbocycles. The number of carbonyl (C=O) groups is 1. The number of hydrogen-bond acceptors (Lipinski definition) is 8. The van der Waals surface area contributed by atoms with E-state index in [-0.39, 0.29) is 11.8 Å². The minimum absolute atomic E-state index is 0.234. The van der Waals surface area contributed by atoms with Crippen LogP contribution < -0.4 is 19.9 Å². The monoisotopic (exact) mass is 609 g/mol. The van der Waals surface area contributed by atoms with Crippen molar-refractivity contribution in [2.45, 2.75) is 46.3 Å². The van der Waals surface area contributed by atoms with Crippen molar-refractivity contribution in [1.82, 2.24) is 19.7 Å². The van der Waals surface area contributed by atoms with Gasteiger partial charge < -0.3 is 19.7 Å². The first-order valence-electron chi connectivity index (χ1n) is 14.8. The molecule has 10 nitrogen and oxygen atoms in total. The van der Waals surface area contributed by atoms with Gasteiger partial charge in [0.25, 0.3) is 0 Å². The van der Waals surface area contributed by atoms with Gasteiger partial charge >= 0.3 is 6.09 Å². The second-order valence-corrected chi connectivity index (χ2v) is 12.1. The Hall–Kier alpha value is -5.19. The number of rotatable bonds is 7. The zero-order valence-electron chi connectivity index (χ0n) is 26.3. The number of nitrogens with zero attached hydrogens (tertiary/aromatic N) is 6. The third-order valence-corrected chi connectivity index (χ3v) is 7.69. The van der Waals surface area contributed by atoms with Crippen molar-refractivity contribution in [1.29, 1.82) is 0 Å². The van der Waals surface area contributed by atoms with Crippen molar-refractivity contribution in [3.05, 3.63) is 89.4 Å². The predicted octanol–water partition coefficient (Wildman–Crippen LogP) is 6.95. The van der Waals surface area contributed by atoms with Gasteiger partial charge in [-0.05, 0) is 81.1 Å². The molecule has 6 rings (SSSR count). The van der Waals surface area contributed by atoms with Crippen LogP contribution in [0.25, 0.3) is 16.7 Å². The van der Waals surface area contributed by atoms with Crippen LogP contribution in [0.3, 0.4) is 0 Å². The van der Waals surface area contributed by atoms with Gasteiger partial charge in [-0.1, -0.05) is 30.3 Å². The first-order chi connectivity index (χ1) is 21.5. The lowest BCUT2D eigenvalue weighted by Gasteiger charge is -2.26. The van der Waals surface area contributed by atoms with Crippen molar-refractivity contribution in [3.8, 4) is 11.4 Å². The SMILES string of the molecule is COc1ccc(CN(C)c2nc(Nc3cc(F)c(C)c4c3N(C(=O)OC(C)(C)C)CC4)nc3c2cnn3-c2ccccc2)cc1. The van der Waals surface area contributed by atoms with Gasteiger partial charge in [-0.15, -0.1) is 0 Å². The predicted molar refractivity (Wildman–Crippen MR) is 173 cm³/mol. The molecule has 0 radical (unpaired) electrons. The topological polar surface area (TPSA) is 97.6 Å². The number of hydrogen-bond donors (Lipinski definition) is 1. The molecule has 45 heavy (non-hydrogen) atoms. The molecule has 11 heteroatoms. The van der Waals surface area contributed by atoms with Crippen LogP contribution in [0.1, 0.15) is 37.5 Å². The maximum atomic E-state index is 15.3. The summed E-state index contributed by atoms with van der Waals surface area (Å²) in [6.45, 7) is 8.11. The number of carbonyl (C=O) groups excluding carboxylic acids is 1. The van der Waals surface area contributed by atoms with Crippen LogP contribution in [0.4, 0.5) is 32.3 Å². The maximum Gasteiger partial charge on any atom is 0.414 e. The van der Waals surface area contributed by atoms with E-state index in [9.17, 15) is 4.79 Å². The van der Waals surface area contributed by atoms with Crippen LogP contribution in [-0.2, 0) is 17.7 Å². The molecule has 0 fully saturated rings. The Morgan fingerprint density at radius 2 is 1.82 bits per heavy atom.